The number of aliphatic hydroxyl groups is 3. The third-order valence-corrected chi connectivity index (χ3v) is 11.0. The quantitative estimate of drug-likeness (QED) is 0.392. The van der Waals surface area contributed by atoms with E-state index in [-0.39, 0.29) is 18.9 Å². The Labute approximate surface area is 230 Å². The Bertz CT molecular complexity index is 1190. The number of rotatable bonds is 3. The molecule has 1 aromatic carbocycles. The summed E-state index contributed by atoms with van der Waals surface area (Å²) in [5, 5.41) is 36.4. The molecular formula is C31H42O8. The Morgan fingerprint density at radius 3 is 2.28 bits per heavy atom. The van der Waals surface area contributed by atoms with Gasteiger partial charge in [0.05, 0.1) is 30.3 Å². The van der Waals surface area contributed by atoms with E-state index < -0.39 is 70.2 Å². The molecule has 3 N–H and O–H groups in total. The average molecular weight is 543 g/mol. The van der Waals surface area contributed by atoms with Crippen molar-refractivity contribution < 1.29 is 39.1 Å². The zero-order valence-corrected chi connectivity index (χ0v) is 23.9. The summed E-state index contributed by atoms with van der Waals surface area (Å²) in [5.41, 5.74) is -3.14. The summed E-state index contributed by atoms with van der Waals surface area (Å²) in [4.78, 5) is 26.3. The van der Waals surface area contributed by atoms with Crippen LogP contribution in [-0.2, 0) is 19.0 Å². The Morgan fingerprint density at radius 1 is 1.08 bits per heavy atom. The largest absolute Gasteiger partial charge is 0.455 e. The van der Waals surface area contributed by atoms with E-state index >= 15 is 0 Å². The van der Waals surface area contributed by atoms with Crippen molar-refractivity contribution in [2.45, 2.75) is 96.9 Å². The number of hydrogen-bond donors (Lipinski definition) is 3. The van der Waals surface area contributed by atoms with Crippen LogP contribution in [0.5, 0.6) is 0 Å². The Balaban J connectivity index is 1.80. The van der Waals surface area contributed by atoms with Gasteiger partial charge in [-0.15, -0.1) is 0 Å². The molecule has 1 heterocycles. The summed E-state index contributed by atoms with van der Waals surface area (Å²) < 4.78 is 18.4. The van der Waals surface area contributed by atoms with Crippen LogP contribution in [-0.4, -0.2) is 69.5 Å². The second kappa shape index (κ2) is 9.13. The third kappa shape index (κ3) is 3.71. The first-order valence-corrected chi connectivity index (χ1v) is 14.0. The number of carbonyl (C=O) groups excluding carboxylic acids is 2. The van der Waals surface area contributed by atoms with Crippen LogP contribution in [0.3, 0.4) is 0 Å². The minimum Gasteiger partial charge on any atom is -0.455 e. The lowest BCUT2D eigenvalue weighted by molar-refractivity contribution is -0.356. The van der Waals surface area contributed by atoms with E-state index in [2.05, 4.69) is 0 Å². The molecule has 1 aromatic rings. The van der Waals surface area contributed by atoms with Gasteiger partial charge in [0.2, 0.25) is 0 Å². The first kappa shape index (κ1) is 28.3. The molecule has 39 heavy (non-hydrogen) atoms. The van der Waals surface area contributed by atoms with E-state index in [1.165, 1.54) is 6.92 Å². The normalized spacial score (nSPS) is 44.6. The predicted octanol–water partition coefficient (Wildman–Crippen LogP) is 3.42. The van der Waals surface area contributed by atoms with Gasteiger partial charge in [-0.1, -0.05) is 58.4 Å². The van der Waals surface area contributed by atoms with Crippen molar-refractivity contribution in [2.24, 2.45) is 28.6 Å². The van der Waals surface area contributed by atoms with Gasteiger partial charge in [-0.05, 0) is 37.0 Å². The molecule has 8 heteroatoms. The molecule has 2 saturated carbocycles. The van der Waals surface area contributed by atoms with Gasteiger partial charge >= 0.3 is 11.9 Å². The summed E-state index contributed by atoms with van der Waals surface area (Å²) in [6.45, 7) is 12.9. The standard InChI is InChI=1S/C31H42O8/c1-16-13-22-30(15-37-22,39-19(4)32)24-26(38-27(35)20-11-9-8-10-12-20)31(36)14-21(33)17(2)23(28(31,5)6)18(3)25(34)29(16,24)7/h8-12,16,18,21-22,24-26,33-34,36H,13-15H2,1-7H3/t16-,18+,21-,22+,24?,25+,26?,29+,30-,31+/m0/s1. The van der Waals surface area contributed by atoms with E-state index in [1.807, 2.05) is 41.5 Å². The molecule has 3 aliphatic carbocycles. The van der Waals surface area contributed by atoms with Crippen molar-refractivity contribution in [1.82, 2.24) is 0 Å². The highest BCUT2D eigenvalue weighted by Crippen LogP contribution is 2.67. The fourth-order valence-electron chi connectivity index (χ4n) is 8.72. The van der Waals surface area contributed by atoms with Gasteiger partial charge in [-0.2, -0.15) is 0 Å². The van der Waals surface area contributed by atoms with E-state index in [9.17, 15) is 24.9 Å². The number of aliphatic hydroxyl groups excluding tert-OH is 2. The highest BCUT2D eigenvalue weighted by atomic mass is 16.6. The third-order valence-electron chi connectivity index (χ3n) is 11.0. The van der Waals surface area contributed by atoms with E-state index in [4.69, 9.17) is 14.2 Å². The maximum Gasteiger partial charge on any atom is 0.338 e. The lowest BCUT2D eigenvalue weighted by Crippen LogP contribution is -2.80. The number of hydrogen-bond acceptors (Lipinski definition) is 8. The molecule has 1 aliphatic heterocycles. The van der Waals surface area contributed by atoms with Crippen molar-refractivity contribution in [3.8, 4) is 0 Å². The van der Waals surface area contributed by atoms with Crippen LogP contribution in [0.4, 0.5) is 0 Å². The van der Waals surface area contributed by atoms with E-state index in [0.29, 0.717) is 12.0 Å². The summed E-state index contributed by atoms with van der Waals surface area (Å²) in [5.74, 6) is -2.54. The van der Waals surface area contributed by atoms with E-state index in [0.717, 1.165) is 11.1 Å². The lowest BCUT2D eigenvalue weighted by atomic mass is 9.42. The van der Waals surface area contributed by atoms with Crippen molar-refractivity contribution in [3.63, 3.8) is 0 Å². The van der Waals surface area contributed by atoms with E-state index in [1.54, 1.807) is 30.3 Å². The summed E-state index contributed by atoms with van der Waals surface area (Å²) >= 11 is 0. The molecule has 8 nitrogen and oxygen atoms in total. The van der Waals surface area contributed by atoms with Crippen LogP contribution >= 0.6 is 0 Å². The van der Waals surface area contributed by atoms with Crippen LogP contribution in [0.2, 0.25) is 0 Å². The van der Waals surface area contributed by atoms with Gasteiger partial charge < -0.3 is 29.5 Å². The smallest absolute Gasteiger partial charge is 0.338 e. The topological polar surface area (TPSA) is 123 Å². The molecule has 4 aliphatic rings. The van der Waals surface area contributed by atoms with Crippen LogP contribution in [0, 0.1) is 28.6 Å². The highest BCUT2D eigenvalue weighted by Gasteiger charge is 2.76. The number of carbonyl (C=O) groups is 2. The number of benzene rings is 1. The van der Waals surface area contributed by atoms with Crippen molar-refractivity contribution in [3.05, 3.63) is 47.0 Å². The average Bonchev–Trinajstić information content (AvgIpc) is 2.87. The molecule has 0 amide bonds. The summed E-state index contributed by atoms with van der Waals surface area (Å²) in [6, 6.07) is 8.54. The number of esters is 2. The molecule has 0 spiro atoms. The van der Waals surface area contributed by atoms with Gasteiger partial charge in [0.15, 0.2) is 5.60 Å². The second-order valence-electron chi connectivity index (χ2n) is 13.1. The number of fused-ring (bicyclic) bond motifs is 5. The fourth-order valence-corrected chi connectivity index (χ4v) is 8.72. The van der Waals surface area contributed by atoms with Gasteiger partial charge in [0, 0.05) is 30.1 Å². The van der Waals surface area contributed by atoms with Gasteiger partial charge in [0.25, 0.3) is 0 Å². The molecule has 1 saturated heterocycles. The zero-order valence-electron chi connectivity index (χ0n) is 23.9. The first-order chi connectivity index (χ1) is 18.1. The molecular weight excluding hydrogens is 500 g/mol. The zero-order chi connectivity index (χ0) is 28.7. The van der Waals surface area contributed by atoms with Crippen LogP contribution in [0.1, 0.15) is 71.7 Å². The lowest BCUT2D eigenvalue weighted by Gasteiger charge is -2.69. The maximum atomic E-state index is 13.7. The molecule has 5 rings (SSSR count). The monoisotopic (exact) mass is 542 g/mol. The van der Waals surface area contributed by atoms with Crippen molar-refractivity contribution in [2.75, 3.05) is 6.61 Å². The minimum absolute atomic E-state index is 0.0610. The molecule has 3 fully saturated rings. The SMILES string of the molecule is CC(=O)O[C@@]12CO[C@@H]1C[C@H](C)[C@]1(C)C2C(OC(=O)c2ccccc2)[C@]2(O)C[C@H](O)C(C)=C([C@@H](C)[C@H]1O)C2(C)C. The minimum atomic E-state index is -1.75. The van der Waals surface area contributed by atoms with Gasteiger partial charge in [-0.3, -0.25) is 4.79 Å². The molecule has 0 aromatic heterocycles. The van der Waals surface area contributed by atoms with Gasteiger partial charge in [0.1, 0.15) is 17.8 Å². The van der Waals surface area contributed by atoms with Crippen molar-refractivity contribution >= 4 is 11.9 Å². The van der Waals surface area contributed by atoms with Crippen LogP contribution in [0.25, 0.3) is 0 Å². The Kier molecular flexibility index (Phi) is 6.62. The second-order valence-corrected chi connectivity index (χ2v) is 13.1. The Morgan fingerprint density at radius 2 is 1.72 bits per heavy atom. The first-order valence-electron chi connectivity index (χ1n) is 14.0. The number of ether oxygens (including phenoxy) is 3. The van der Waals surface area contributed by atoms with Crippen LogP contribution < -0.4 is 0 Å². The Hall–Kier alpha value is -2.26. The molecule has 214 valence electrons. The summed E-state index contributed by atoms with van der Waals surface area (Å²) in [6.07, 6.45) is -3.22. The molecule has 2 bridgehead atoms. The van der Waals surface area contributed by atoms with Gasteiger partial charge in [-0.25, -0.2) is 4.79 Å². The summed E-state index contributed by atoms with van der Waals surface area (Å²) in [7, 11) is 0. The predicted molar refractivity (Wildman–Crippen MR) is 142 cm³/mol. The maximum absolute atomic E-state index is 13.7. The fraction of sp³-hybridized carbons (Fsp3) is 0.677. The molecule has 10 atom stereocenters. The van der Waals surface area contributed by atoms with Crippen LogP contribution in [0.15, 0.2) is 41.5 Å². The highest BCUT2D eigenvalue weighted by molar-refractivity contribution is 5.89. The molecule has 2 unspecified atom stereocenters. The molecule has 0 radical (unpaired) electrons. The van der Waals surface area contributed by atoms with Crippen molar-refractivity contribution in [1.29, 1.82) is 0 Å².